The minimum absolute atomic E-state index is 0.148. The lowest BCUT2D eigenvalue weighted by Crippen LogP contribution is -2.35. The van der Waals surface area contributed by atoms with Gasteiger partial charge in [-0.1, -0.05) is 0 Å². The molecule has 124 valence electrons. The maximum absolute atomic E-state index is 13.2. The first-order valence-electron chi connectivity index (χ1n) is 6.17. The van der Waals surface area contributed by atoms with Gasteiger partial charge in [0.05, 0.1) is 18.4 Å². The van der Waals surface area contributed by atoms with Crippen LogP contribution in [0.5, 0.6) is 0 Å². The molecule has 2 rings (SSSR count). The Morgan fingerprint density at radius 2 is 2.18 bits per heavy atom. The van der Waals surface area contributed by atoms with Gasteiger partial charge in [-0.05, 0) is 6.92 Å². The molecular formula is C10H14FN2O8P. The van der Waals surface area contributed by atoms with Crippen molar-refractivity contribution in [2.75, 3.05) is 0 Å². The Hall–Kier alpha value is -1.36. The molecule has 1 aliphatic heterocycles. The molecule has 0 spiro atoms. The molecule has 4 atom stereocenters. The highest BCUT2D eigenvalue weighted by Gasteiger charge is 2.41. The second kappa shape index (κ2) is 6.03. The normalized spacial score (nSPS) is 27.0. The lowest BCUT2D eigenvalue weighted by Gasteiger charge is -2.22. The second-order valence-electron chi connectivity index (χ2n) is 4.80. The average molecular weight is 340 g/mol. The smallest absolute Gasteiger partial charge is 0.390 e. The van der Waals surface area contributed by atoms with Crippen LogP contribution in [0.15, 0.2) is 15.8 Å². The zero-order valence-corrected chi connectivity index (χ0v) is 12.1. The number of ether oxygens (including phenoxy) is 1. The molecule has 12 heteroatoms. The molecule has 10 nitrogen and oxygen atoms in total. The van der Waals surface area contributed by atoms with E-state index in [-0.39, 0.29) is 6.42 Å². The summed E-state index contributed by atoms with van der Waals surface area (Å²) in [6.07, 6.45) is -4.14. The monoisotopic (exact) mass is 340 g/mol. The number of phosphoric acid groups is 1. The average Bonchev–Trinajstić information content (AvgIpc) is 2.73. The molecule has 1 saturated heterocycles. The number of rotatable bonds is 4. The highest BCUT2D eigenvalue weighted by atomic mass is 31.2. The lowest BCUT2D eigenvalue weighted by atomic mass is 10.1. The molecule has 1 fully saturated rings. The lowest BCUT2D eigenvalue weighted by molar-refractivity contribution is -0.0750. The molecule has 1 aliphatic rings. The third-order valence-electron chi connectivity index (χ3n) is 3.14. The molecule has 0 aromatic carbocycles. The number of nitrogens with zero attached hydrogens (tertiary/aromatic N) is 1. The van der Waals surface area contributed by atoms with Crippen LogP contribution < -0.4 is 11.2 Å². The van der Waals surface area contributed by atoms with E-state index in [1.165, 1.54) is 6.92 Å². The van der Waals surface area contributed by atoms with E-state index in [0.717, 1.165) is 4.57 Å². The van der Waals surface area contributed by atoms with Gasteiger partial charge >= 0.3 is 13.5 Å². The molecule has 4 N–H and O–H groups in total. The summed E-state index contributed by atoms with van der Waals surface area (Å²) in [4.78, 5) is 41.8. The van der Waals surface area contributed by atoms with Crippen LogP contribution in [0.2, 0.25) is 0 Å². The van der Waals surface area contributed by atoms with Crippen molar-refractivity contribution in [2.24, 2.45) is 0 Å². The number of nitrogens with one attached hydrogen (secondary N) is 1. The number of phosphoric ester groups is 1. The topological polar surface area (TPSA) is 151 Å². The van der Waals surface area contributed by atoms with Crippen molar-refractivity contribution in [2.45, 2.75) is 37.9 Å². The van der Waals surface area contributed by atoms with Gasteiger partial charge in [-0.25, -0.2) is 9.36 Å². The summed E-state index contributed by atoms with van der Waals surface area (Å²) >= 11 is 0. The molecule has 2 heterocycles. The molecule has 1 aromatic heterocycles. The predicted molar refractivity (Wildman–Crippen MR) is 68.4 cm³/mol. The molecule has 0 unspecified atom stereocenters. The molecule has 1 aromatic rings. The van der Waals surface area contributed by atoms with Crippen molar-refractivity contribution in [3.05, 3.63) is 32.9 Å². The van der Waals surface area contributed by atoms with Crippen LogP contribution >= 0.6 is 7.82 Å². The molecule has 0 aliphatic carbocycles. The number of aromatic nitrogens is 2. The van der Waals surface area contributed by atoms with Gasteiger partial charge in [0, 0.05) is 6.42 Å². The predicted octanol–water partition coefficient (Wildman–Crippen LogP) is -1.18. The molecule has 0 bridgehead atoms. The number of aliphatic hydroxyl groups is 1. The number of aliphatic hydroxyl groups excluding tert-OH is 1. The van der Waals surface area contributed by atoms with Crippen molar-refractivity contribution in [3.63, 3.8) is 0 Å². The largest absolute Gasteiger partial charge is 0.469 e. The van der Waals surface area contributed by atoms with E-state index < -0.39 is 49.4 Å². The van der Waals surface area contributed by atoms with Crippen LogP contribution in [-0.2, 0) is 13.8 Å². The first-order valence-corrected chi connectivity index (χ1v) is 7.70. The molecular weight excluding hydrogens is 326 g/mol. The fourth-order valence-corrected chi connectivity index (χ4v) is 2.78. The van der Waals surface area contributed by atoms with Gasteiger partial charge in [-0.2, -0.15) is 4.39 Å². The Morgan fingerprint density at radius 3 is 2.77 bits per heavy atom. The zero-order chi connectivity index (χ0) is 16.7. The summed E-state index contributed by atoms with van der Waals surface area (Å²) in [7, 11) is -4.78. The van der Waals surface area contributed by atoms with Crippen molar-refractivity contribution in [3.8, 4) is 0 Å². The summed E-state index contributed by atoms with van der Waals surface area (Å²) in [6.45, 7) is 1.27. The summed E-state index contributed by atoms with van der Waals surface area (Å²) in [5.74, 6) is -1.21. The Kier molecular flexibility index (Phi) is 4.66. The Balaban J connectivity index is 2.21. The summed E-state index contributed by atoms with van der Waals surface area (Å²) in [5, 5.41) is 9.86. The standard InChI is InChI=1S/C10H14FN2O8P/c1-4(21-22(17,18)19)8-6(14)2-7(20-8)13-3-5(11)9(15)12-10(13)16/h3-4,6-8,14H,2H2,1H3,(H,12,15,16)(H2,17,18,19)/t4-,6+,7-,8-/m1/s1. The van der Waals surface area contributed by atoms with E-state index in [9.17, 15) is 23.7 Å². The zero-order valence-electron chi connectivity index (χ0n) is 11.2. The number of aromatic amines is 1. The van der Waals surface area contributed by atoms with Crippen LogP contribution in [0.3, 0.4) is 0 Å². The number of hydrogen-bond donors (Lipinski definition) is 4. The fraction of sp³-hybridized carbons (Fsp3) is 0.600. The number of hydrogen-bond acceptors (Lipinski definition) is 6. The number of H-pyrrole nitrogens is 1. The maximum atomic E-state index is 13.2. The van der Waals surface area contributed by atoms with Gasteiger partial charge < -0.3 is 19.6 Å². The van der Waals surface area contributed by atoms with Crippen LogP contribution in [0.25, 0.3) is 0 Å². The van der Waals surface area contributed by atoms with Gasteiger partial charge in [0.1, 0.15) is 12.3 Å². The van der Waals surface area contributed by atoms with Gasteiger partial charge in [-0.15, -0.1) is 0 Å². The summed E-state index contributed by atoms with van der Waals surface area (Å²) < 4.78 is 34.5. The highest BCUT2D eigenvalue weighted by molar-refractivity contribution is 7.46. The minimum atomic E-state index is -4.78. The SMILES string of the molecule is C[C@@H](OP(=O)(O)O)[C@H]1O[C@@H](n2cc(F)c(=O)[nH]c2=O)C[C@@H]1O. The quantitative estimate of drug-likeness (QED) is 0.500. The van der Waals surface area contributed by atoms with E-state index in [1.54, 1.807) is 4.98 Å². The van der Waals surface area contributed by atoms with E-state index >= 15 is 0 Å². The van der Waals surface area contributed by atoms with Gasteiger partial charge in [0.2, 0.25) is 5.82 Å². The van der Waals surface area contributed by atoms with E-state index in [1.807, 2.05) is 0 Å². The molecule has 0 amide bonds. The summed E-state index contributed by atoms with van der Waals surface area (Å²) in [6, 6.07) is 0. The molecule has 0 radical (unpaired) electrons. The second-order valence-corrected chi connectivity index (χ2v) is 6.00. The highest BCUT2D eigenvalue weighted by Crippen LogP contribution is 2.41. The maximum Gasteiger partial charge on any atom is 0.469 e. The first-order chi connectivity index (χ1) is 10.1. The third-order valence-corrected chi connectivity index (χ3v) is 3.74. The van der Waals surface area contributed by atoms with Gasteiger partial charge in [-0.3, -0.25) is 18.9 Å². The Labute approximate surface area is 122 Å². The van der Waals surface area contributed by atoms with Gasteiger partial charge in [0.25, 0.3) is 5.56 Å². The third kappa shape index (κ3) is 3.69. The molecule has 22 heavy (non-hydrogen) atoms. The van der Waals surface area contributed by atoms with Crippen LogP contribution in [0, 0.1) is 5.82 Å². The Morgan fingerprint density at radius 1 is 1.55 bits per heavy atom. The minimum Gasteiger partial charge on any atom is -0.390 e. The number of halogens is 1. The van der Waals surface area contributed by atoms with Crippen molar-refractivity contribution in [1.82, 2.24) is 9.55 Å². The fourth-order valence-electron chi connectivity index (χ4n) is 2.22. The first kappa shape index (κ1) is 17.0. The van der Waals surface area contributed by atoms with E-state index in [2.05, 4.69) is 4.52 Å². The van der Waals surface area contributed by atoms with Crippen LogP contribution in [0.1, 0.15) is 19.6 Å². The van der Waals surface area contributed by atoms with Crippen LogP contribution in [0.4, 0.5) is 4.39 Å². The summed E-state index contributed by atoms with van der Waals surface area (Å²) in [5.41, 5.74) is -2.12. The van der Waals surface area contributed by atoms with Crippen molar-refractivity contribution in [1.29, 1.82) is 0 Å². The molecule has 0 saturated carbocycles. The van der Waals surface area contributed by atoms with Gasteiger partial charge in [0.15, 0.2) is 0 Å². The van der Waals surface area contributed by atoms with Crippen molar-refractivity contribution >= 4 is 7.82 Å². The van der Waals surface area contributed by atoms with E-state index in [4.69, 9.17) is 14.5 Å². The van der Waals surface area contributed by atoms with E-state index in [0.29, 0.717) is 6.20 Å². The Bertz CT molecular complexity index is 712. The van der Waals surface area contributed by atoms with Crippen LogP contribution in [-0.4, -0.2) is 42.8 Å². The van der Waals surface area contributed by atoms with Crippen molar-refractivity contribution < 1.29 is 33.1 Å².